The molecule has 1 atom stereocenters. The van der Waals surface area contributed by atoms with Gasteiger partial charge in [-0.15, -0.1) is 0 Å². The molecule has 1 aromatic carbocycles. The first-order valence-corrected chi connectivity index (χ1v) is 7.42. The van der Waals surface area contributed by atoms with Gasteiger partial charge in [-0.2, -0.15) is 18.2 Å². The molecule has 1 aliphatic heterocycles. The van der Waals surface area contributed by atoms with Crippen molar-refractivity contribution in [3.05, 3.63) is 53.8 Å². The van der Waals surface area contributed by atoms with Gasteiger partial charge in [0, 0.05) is 12.4 Å². The third-order valence-corrected chi connectivity index (χ3v) is 3.68. The summed E-state index contributed by atoms with van der Waals surface area (Å²) in [5.41, 5.74) is 1.49. The van der Waals surface area contributed by atoms with Crippen molar-refractivity contribution in [1.82, 2.24) is 15.0 Å². The fourth-order valence-electron chi connectivity index (χ4n) is 2.58. The first-order valence-electron chi connectivity index (χ1n) is 7.42. The summed E-state index contributed by atoms with van der Waals surface area (Å²) in [7, 11) is 0. The number of alkyl halides is 3. The lowest BCUT2D eigenvalue weighted by molar-refractivity contribution is -0.159. The van der Waals surface area contributed by atoms with E-state index in [4.69, 9.17) is 0 Å². The number of rotatable bonds is 4. The molecule has 0 bridgehead atoms. The zero-order chi connectivity index (χ0) is 17.2. The number of aromatic nitrogens is 2. The molecule has 1 aliphatic rings. The van der Waals surface area contributed by atoms with Gasteiger partial charge in [0.2, 0.25) is 5.82 Å². The van der Waals surface area contributed by atoms with Crippen LogP contribution < -0.4 is 0 Å². The molecule has 0 unspecified atom stereocenters. The SMILES string of the molecule is CC[C@H](c1ccccc1)N1C=C(c2noc(C(F)(F)F)n2)C=NC1. The van der Waals surface area contributed by atoms with Gasteiger partial charge in [-0.25, -0.2) is 0 Å². The molecule has 5 nitrogen and oxygen atoms in total. The smallest absolute Gasteiger partial charge is 0.351 e. The van der Waals surface area contributed by atoms with E-state index in [1.165, 1.54) is 6.21 Å². The number of aliphatic imine (C=N–C) groups is 1. The van der Waals surface area contributed by atoms with Gasteiger partial charge in [0.1, 0.15) is 6.67 Å². The quantitative estimate of drug-likeness (QED) is 0.849. The molecule has 126 valence electrons. The molecular formula is C16H15F3N4O. The fourth-order valence-corrected chi connectivity index (χ4v) is 2.58. The minimum absolute atomic E-state index is 0.0626. The van der Waals surface area contributed by atoms with Gasteiger partial charge >= 0.3 is 12.1 Å². The highest BCUT2D eigenvalue weighted by Gasteiger charge is 2.38. The van der Waals surface area contributed by atoms with E-state index < -0.39 is 12.1 Å². The van der Waals surface area contributed by atoms with Crippen molar-refractivity contribution in [2.45, 2.75) is 25.6 Å². The standard InChI is InChI=1S/C16H15F3N4O/c1-2-13(11-6-4-3-5-7-11)23-9-12(8-20-10-23)14-21-15(24-22-14)16(17,18)19/h3-9,13H,2,10H2,1H3/t13-/m1/s1. The average molecular weight is 336 g/mol. The molecular weight excluding hydrogens is 321 g/mol. The van der Waals surface area contributed by atoms with Crippen LogP contribution in [0, 0.1) is 0 Å². The van der Waals surface area contributed by atoms with Crippen LogP contribution in [0.5, 0.6) is 0 Å². The van der Waals surface area contributed by atoms with E-state index in [2.05, 4.69) is 19.7 Å². The molecule has 24 heavy (non-hydrogen) atoms. The highest BCUT2D eigenvalue weighted by molar-refractivity contribution is 6.08. The molecule has 0 saturated heterocycles. The molecule has 0 amide bonds. The van der Waals surface area contributed by atoms with Gasteiger partial charge in [0.15, 0.2) is 0 Å². The first-order chi connectivity index (χ1) is 11.5. The van der Waals surface area contributed by atoms with E-state index in [1.54, 1.807) is 6.20 Å². The summed E-state index contributed by atoms with van der Waals surface area (Å²) in [5, 5.41) is 3.41. The van der Waals surface area contributed by atoms with E-state index in [1.807, 2.05) is 42.2 Å². The Kier molecular flexibility index (Phi) is 4.37. The Morgan fingerprint density at radius 2 is 2.00 bits per heavy atom. The average Bonchev–Trinajstić information content (AvgIpc) is 3.07. The minimum Gasteiger partial charge on any atom is -0.351 e. The molecule has 2 aromatic rings. The first kappa shape index (κ1) is 16.2. The number of allylic oxidation sites excluding steroid dienone is 1. The van der Waals surface area contributed by atoms with Gasteiger partial charge in [-0.05, 0) is 12.0 Å². The lowest BCUT2D eigenvalue weighted by Crippen LogP contribution is -2.26. The molecule has 0 spiro atoms. The maximum atomic E-state index is 12.6. The molecule has 0 fully saturated rings. The number of nitrogens with zero attached hydrogens (tertiary/aromatic N) is 4. The van der Waals surface area contributed by atoms with E-state index in [0.29, 0.717) is 12.2 Å². The van der Waals surface area contributed by atoms with Crippen LogP contribution in [0.2, 0.25) is 0 Å². The number of hydrogen-bond acceptors (Lipinski definition) is 5. The van der Waals surface area contributed by atoms with Crippen molar-refractivity contribution in [2.24, 2.45) is 4.99 Å². The highest BCUT2D eigenvalue weighted by Crippen LogP contribution is 2.30. The number of hydrogen-bond donors (Lipinski definition) is 0. The van der Waals surface area contributed by atoms with Gasteiger partial charge in [0.25, 0.3) is 0 Å². The number of benzene rings is 1. The van der Waals surface area contributed by atoms with Crippen molar-refractivity contribution in [3.63, 3.8) is 0 Å². The third-order valence-electron chi connectivity index (χ3n) is 3.68. The fraction of sp³-hybridized carbons (Fsp3) is 0.312. The topological polar surface area (TPSA) is 54.5 Å². The number of halogens is 3. The second-order valence-corrected chi connectivity index (χ2v) is 5.31. The van der Waals surface area contributed by atoms with Crippen molar-refractivity contribution < 1.29 is 17.7 Å². The van der Waals surface area contributed by atoms with Gasteiger partial charge in [0.05, 0.1) is 11.6 Å². The van der Waals surface area contributed by atoms with Gasteiger partial charge < -0.3 is 9.42 Å². The van der Waals surface area contributed by atoms with Crippen molar-refractivity contribution in [2.75, 3.05) is 6.67 Å². The zero-order valence-corrected chi connectivity index (χ0v) is 12.9. The Balaban J connectivity index is 1.87. The summed E-state index contributed by atoms with van der Waals surface area (Å²) in [6, 6.07) is 9.92. The molecule has 0 radical (unpaired) electrons. The van der Waals surface area contributed by atoms with E-state index in [0.717, 1.165) is 12.0 Å². The Hall–Kier alpha value is -2.64. The Morgan fingerprint density at radius 1 is 1.25 bits per heavy atom. The summed E-state index contributed by atoms with van der Waals surface area (Å²) in [6.45, 7) is 2.46. The summed E-state index contributed by atoms with van der Waals surface area (Å²) >= 11 is 0. The monoisotopic (exact) mass is 336 g/mol. The van der Waals surface area contributed by atoms with Crippen LogP contribution in [0.15, 0.2) is 46.0 Å². The Bertz CT molecular complexity index is 752. The van der Waals surface area contributed by atoms with Crippen LogP contribution in [0.4, 0.5) is 13.2 Å². The summed E-state index contributed by atoms with van der Waals surface area (Å²) in [5.74, 6) is -1.49. The zero-order valence-electron chi connectivity index (χ0n) is 12.9. The van der Waals surface area contributed by atoms with Crippen LogP contribution in [0.3, 0.4) is 0 Å². The second kappa shape index (κ2) is 6.46. The maximum absolute atomic E-state index is 12.6. The molecule has 8 heteroatoms. The summed E-state index contributed by atoms with van der Waals surface area (Å²) < 4.78 is 42.1. The van der Waals surface area contributed by atoms with Crippen LogP contribution in [0.1, 0.15) is 36.7 Å². The van der Waals surface area contributed by atoms with Crippen LogP contribution in [-0.4, -0.2) is 27.9 Å². The summed E-state index contributed by atoms with van der Waals surface area (Å²) in [4.78, 5) is 9.57. The van der Waals surface area contributed by atoms with E-state index in [-0.39, 0.29) is 11.9 Å². The van der Waals surface area contributed by atoms with Gasteiger partial charge in [-0.1, -0.05) is 42.4 Å². The lowest BCUT2D eigenvalue weighted by Gasteiger charge is -2.31. The minimum atomic E-state index is -4.66. The molecule has 0 aliphatic carbocycles. The normalized spacial score (nSPS) is 16.2. The third kappa shape index (κ3) is 3.32. The summed E-state index contributed by atoms with van der Waals surface area (Å²) in [6.07, 6.45) is -0.658. The lowest BCUT2D eigenvalue weighted by atomic mass is 10.0. The molecule has 0 N–H and O–H groups in total. The second-order valence-electron chi connectivity index (χ2n) is 5.31. The van der Waals surface area contributed by atoms with Crippen molar-refractivity contribution >= 4 is 11.8 Å². The largest absolute Gasteiger partial charge is 0.471 e. The predicted molar refractivity (Wildman–Crippen MR) is 81.9 cm³/mol. The highest BCUT2D eigenvalue weighted by atomic mass is 19.4. The van der Waals surface area contributed by atoms with Crippen LogP contribution in [0.25, 0.3) is 5.57 Å². The Labute approximate surface area is 136 Å². The predicted octanol–water partition coefficient (Wildman–Crippen LogP) is 3.92. The van der Waals surface area contributed by atoms with Crippen molar-refractivity contribution in [3.8, 4) is 0 Å². The molecule has 0 saturated carbocycles. The molecule has 3 rings (SSSR count). The van der Waals surface area contributed by atoms with Crippen LogP contribution >= 0.6 is 0 Å². The Morgan fingerprint density at radius 3 is 2.62 bits per heavy atom. The molecule has 2 heterocycles. The van der Waals surface area contributed by atoms with Crippen LogP contribution in [-0.2, 0) is 6.18 Å². The van der Waals surface area contributed by atoms with E-state index in [9.17, 15) is 13.2 Å². The molecule has 1 aromatic heterocycles. The maximum Gasteiger partial charge on any atom is 0.471 e. The van der Waals surface area contributed by atoms with E-state index >= 15 is 0 Å². The van der Waals surface area contributed by atoms with Gasteiger partial charge in [-0.3, -0.25) is 4.99 Å². The van der Waals surface area contributed by atoms with Crippen molar-refractivity contribution in [1.29, 1.82) is 0 Å².